The molecule has 19 heavy (non-hydrogen) atoms. The molecular weight excluding hydrogens is 273 g/mol. The number of hydrogen-bond acceptors (Lipinski definition) is 3. The molecule has 1 aromatic carbocycles. The van der Waals surface area contributed by atoms with Gasteiger partial charge in [0.2, 0.25) is 0 Å². The van der Waals surface area contributed by atoms with Gasteiger partial charge in [0.1, 0.15) is 5.60 Å². The van der Waals surface area contributed by atoms with E-state index in [0.29, 0.717) is 10.6 Å². The number of hydrogen-bond donors (Lipinski definition) is 1. The fourth-order valence-electron chi connectivity index (χ4n) is 1.47. The Morgan fingerprint density at radius 3 is 2.58 bits per heavy atom. The fourth-order valence-corrected chi connectivity index (χ4v) is 1.67. The number of aliphatic hydroxyl groups is 1. The lowest BCUT2D eigenvalue weighted by Crippen LogP contribution is -2.36. The van der Waals surface area contributed by atoms with E-state index in [9.17, 15) is 14.3 Å². The zero-order valence-corrected chi connectivity index (χ0v) is 11.9. The van der Waals surface area contributed by atoms with E-state index < -0.39 is 18.5 Å². The zero-order valence-electron chi connectivity index (χ0n) is 11.1. The number of rotatable bonds is 3. The van der Waals surface area contributed by atoms with E-state index in [0.717, 1.165) is 4.90 Å². The molecule has 1 amide bonds. The van der Waals surface area contributed by atoms with Gasteiger partial charge >= 0.3 is 6.09 Å². The molecule has 0 heterocycles. The average molecular weight is 290 g/mol. The van der Waals surface area contributed by atoms with Gasteiger partial charge in [-0.05, 0) is 39.0 Å². The summed E-state index contributed by atoms with van der Waals surface area (Å²) in [7, 11) is 0. The van der Waals surface area contributed by atoms with Crippen molar-refractivity contribution in [3.05, 3.63) is 28.8 Å². The SMILES string of the molecule is CC(C)(C)OC(=O)N(CF)c1ccc(Cl)cc1CO. The van der Waals surface area contributed by atoms with Gasteiger partial charge in [0.05, 0.1) is 12.3 Å². The molecule has 6 heteroatoms. The zero-order chi connectivity index (χ0) is 14.6. The van der Waals surface area contributed by atoms with E-state index in [4.69, 9.17) is 16.3 Å². The predicted octanol–water partition coefficient (Wildman–Crippen LogP) is 3.50. The molecule has 0 unspecified atom stereocenters. The first-order valence-corrected chi connectivity index (χ1v) is 6.12. The summed E-state index contributed by atoms with van der Waals surface area (Å²) < 4.78 is 18.2. The highest BCUT2D eigenvalue weighted by Gasteiger charge is 2.24. The Balaban J connectivity index is 3.06. The molecule has 0 atom stereocenters. The summed E-state index contributed by atoms with van der Waals surface area (Å²) in [4.78, 5) is 12.7. The highest BCUT2D eigenvalue weighted by atomic mass is 35.5. The van der Waals surface area contributed by atoms with Crippen LogP contribution in [0.1, 0.15) is 26.3 Å². The average Bonchev–Trinajstić information content (AvgIpc) is 2.29. The van der Waals surface area contributed by atoms with Crippen molar-refractivity contribution < 1.29 is 19.0 Å². The molecule has 0 aliphatic heterocycles. The van der Waals surface area contributed by atoms with Crippen molar-refractivity contribution in [3.8, 4) is 0 Å². The summed E-state index contributed by atoms with van der Waals surface area (Å²) in [6.45, 7) is 3.67. The summed E-state index contributed by atoms with van der Waals surface area (Å²) in [5, 5.41) is 9.64. The number of amides is 1. The first kappa shape index (κ1) is 15.7. The number of halogens is 2. The van der Waals surface area contributed by atoms with Crippen LogP contribution in [-0.4, -0.2) is 23.6 Å². The Bertz CT molecular complexity index is 460. The molecule has 0 spiro atoms. The van der Waals surface area contributed by atoms with E-state index in [2.05, 4.69) is 0 Å². The third kappa shape index (κ3) is 4.36. The second kappa shape index (κ2) is 6.21. The first-order valence-electron chi connectivity index (χ1n) is 5.74. The second-order valence-electron chi connectivity index (χ2n) is 4.96. The van der Waals surface area contributed by atoms with Gasteiger partial charge in [-0.15, -0.1) is 0 Å². The maximum atomic E-state index is 13.1. The second-order valence-corrected chi connectivity index (χ2v) is 5.40. The predicted molar refractivity (Wildman–Crippen MR) is 72.1 cm³/mol. The van der Waals surface area contributed by atoms with E-state index in [1.165, 1.54) is 18.2 Å². The Labute approximate surface area is 116 Å². The maximum absolute atomic E-state index is 13.1. The van der Waals surface area contributed by atoms with Gasteiger partial charge in [-0.1, -0.05) is 11.6 Å². The molecule has 1 aromatic rings. The molecule has 0 fully saturated rings. The van der Waals surface area contributed by atoms with Gasteiger partial charge < -0.3 is 9.84 Å². The standard InChI is InChI=1S/C13H17ClFNO3/c1-13(2,3)19-12(18)16(8-15)11-5-4-10(14)6-9(11)7-17/h4-6,17H,7-8H2,1-3H3. The molecule has 0 bridgehead atoms. The van der Waals surface area contributed by atoms with Crippen LogP contribution in [0.2, 0.25) is 5.02 Å². The number of carbonyl (C=O) groups excluding carboxylic acids is 1. The minimum absolute atomic E-state index is 0.239. The van der Waals surface area contributed by atoms with Crippen molar-refractivity contribution in [3.63, 3.8) is 0 Å². The highest BCUT2D eigenvalue weighted by Crippen LogP contribution is 2.26. The van der Waals surface area contributed by atoms with Crippen LogP contribution in [-0.2, 0) is 11.3 Å². The number of alkyl halides is 1. The molecule has 4 nitrogen and oxygen atoms in total. The molecule has 1 rings (SSSR count). The summed E-state index contributed by atoms with van der Waals surface area (Å²) in [6.07, 6.45) is -0.813. The number of carbonyl (C=O) groups is 1. The Morgan fingerprint density at radius 2 is 2.11 bits per heavy atom. The maximum Gasteiger partial charge on any atom is 0.416 e. The number of anilines is 1. The lowest BCUT2D eigenvalue weighted by Gasteiger charge is -2.26. The van der Waals surface area contributed by atoms with E-state index in [-0.39, 0.29) is 12.3 Å². The summed E-state index contributed by atoms with van der Waals surface area (Å²) in [6, 6.07) is 4.46. The van der Waals surface area contributed by atoms with Crippen molar-refractivity contribution in [1.82, 2.24) is 0 Å². The Hall–Kier alpha value is -1.33. The monoisotopic (exact) mass is 289 g/mol. The van der Waals surface area contributed by atoms with Gasteiger partial charge in [0, 0.05) is 10.6 Å². The van der Waals surface area contributed by atoms with Crippen molar-refractivity contribution in [2.45, 2.75) is 33.0 Å². The van der Waals surface area contributed by atoms with Crippen LogP contribution >= 0.6 is 11.6 Å². The van der Waals surface area contributed by atoms with Crippen LogP contribution in [0.25, 0.3) is 0 Å². The van der Waals surface area contributed by atoms with Crippen molar-refractivity contribution >= 4 is 23.4 Å². The van der Waals surface area contributed by atoms with Crippen LogP contribution in [0, 0.1) is 0 Å². The molecule has 1 N–H and O–H groups in total. The third-order valence-corrected chi connectivity index (χ3v) is 2.47. The first-order chi connectivity index (χ1) is 8.78. The topological polar surface area (TPSA) is 49.8 Å². The Morgan fingerprint density at radius 1 is 1.47 bits per heavy atom. The molecular formula is C13H17ClFNO3. The number of nitrogens with zero attached hydrogens (tertiary/aromatic N) is 1. The smallest absolute Gasteiger partial charge is 0.416 e. The summed E-state index contributed by atoms with van der Waals surface area (Å²) in [5.74, 6) is 0. The van der Waals surface area contributed by atoms with E-state index >= 15 is 0 Å². The van der Waals surface area contributed by atoms with Crippen molar-refractivity contribution in [2.24, 2.45) is 0 Å². The lowest BCUT2D eigenvalue weighted by molar-refractivity contribution is 0.0565. The van der Waals surface area contributed by atoms with Crippen LogP contribution in [0.4, 0.5) is 14.9 Å². The third-order valence-electron chi connectivity index (χ3n) is 2.24. The normalized spacial score (nSPS) is 11.3. The van der Waals surface area contributed by atoms with Gasteiger partial charge in [0.15, 0.2) is 6.80 Å². The van der Waals surface area contributed by atoms with Crippen molar-refractivity contribution in [2.75, 3.05) is 11.7 Å². The van der Waals surface area contributed by atoms with Crippen LogP contribution in [0.15, 0.2) is 18.2 Å². The minimum atomic E-state index is -1.05. The minimum Gasteiger partial charge on any atom is -0.443 e. The highest BCUT2D eigenvalue weighted by molar-refractivity contribution is 6.30. The summed E-state index contributed by atoms with van der Waals surface area (Å²) in [5.41, 5.74) is -0.129. The van der Waals surface area contributed by atoms with Gasteiger partial charge in [-0.25, -0.2) is 14.1 Å². The van der Waals surface area contributed by atoms with Gasteiger partial charge in [-0.2, -0.15) is 0 Å². The number of aliphatic hydroxyl groups excluding tert-OH is 1. The molecule has 0 aliphatic carbocycles. The number of ether oxygens (including phenoxy) is 1. The summed E-state index contributed by atoms with van der Waals surface area (Å²) >= 11 is 5.79. The van der Waals surface area contributed by atoms with E-state index in [1.807, 2.05) is 0 Å². The Kier molecular flexibility index (Phi) is 5.14. The van der Waals surface area contributed by atoms with Crippen LogP contribution in [0.5, 0.6) is 0 Å². The molecule has 0 saturated carbocycles. The van der Waals surface area contributed by atoms with Crippen molar-refractivity contribution in [1.29, 1.82) is 0 Å². The molecule has 106 valence electrons. The number of benzene rings is 1. The molecule has 0 aliphatic rings. The van der Waals surface area contributed by atoms with Crippen LogP contribution < -0.4 is 4.90 Å². The van der Waals surface area contributed by atoms with Crippen LogP contribution in [0.3, 0.4) is 0 Å². The molecule has 0 aromatic heterocycles. The van der Waals surface area contributed by atoms with Gasteiger partial charge in [0.25, 0.3) is 0 Å². The fraction of sp³-hybridized carbons (Fsp3) is 0.462. The van der Waals surface area contributed by atoms with E-state index in [1.54, 1.807) is 20.8 Å². The molecule has 0 saturated heterocycles. The largest absolute Gasteiger partial charge is 0.443 e. The molecule has 0 radical (unpaired) electrons. The lowest BCUT2D eigenvalue weighted by atomic mass is 10.1. The van der Waals surface area contributed by atoms with Gasteiger partial charge in [-0.3, -0.25) is 0 Å². The quantitative estimate of drug-likeness (QED) is 0.867.